The van der Waals surface area contributed by atoms with Gasteiger partial charge in [0.15, 0.2) is 0 Å². The molecule has 0 spiro atoms. The molecule has 0 radical (unpaired) electrons. The summed E-state index contributed by atoms with van der Waals surface area (Å²) in [4.78, 5) is 12.3. The van der Waals surface area contributed by atoms with E-state index < -0.39 is 15.9 Å². The summed E-state index contributed by atoms with van der Waals surface area (Å²) in [6.07, 6.45) is 1.07. The molecule has 2 rings (SSSR count). The molecule has 0 heterocycles. The first kappa shape index (κ1) is 18.9. The minimum absolute atomic E-state index is 0.119. The van der Waals surface area contributed by atoms with E-state index in [1.54, 1.807) is 18.2 Å². The second-order valence-electron chi connectivity index (χ2n) is 5.01. The number of hydrogen-bond donors (Lipinski definition) is 1. The number of nitrogens with one attached hydrogen (secondary N) is 1. The van der Waals surface area contributed by atoms with Gasteiger partial charge in [-0.1, -0.05) is 34.8 Å². The van der Waals surface area contributed by atoms with Gasteiger partial charge in [-0.15, -0.1) is 0 Å². The Labute approximate surface area is 155 Å². The van der Waals surface area contributed by atoms with E-state index in [4.69, 9.17) is 34.8 Å². The predicted octanol–water partition coefficient (Wildman–Crippen LogP) is 4.29. The van der Waals surface area contributed by atoms with Gasteiger partial charge in [-0.3, -0.25) is 9.10 Å². The summed E-state index contributed by atoms with van der Waals surface area (Å²) in [6, 6.07) is 8.98. The molecule has 2 aromatic rings. The monoisotopic (exact) mass is 406 g/mol. The van der Waals surface area contributed by atoms with Crippen molar-refractivity contribution >= 4 is 62.1 Å². The molecule has 0 aliphatic rings. The van der Waals surface area contributed by atoms with Gasteiger partial charge in [0, 0.05) is 22.8 Å². The number of rotatable bonds is 4. The lowest BCUT2D eigenvalue weighted by molar-refractivity contribution is 0.102. The zero-order valence-electron chi connectivity index (χ0n) is 12.7. The van der Waals surface area contributed by atoms with Crippen LogP contribution in [0, 0.1) is 0 Å². The molecular formula is C15H13Cl3N2O3S. The molecule has 9 heteroatoms. The molecule has 0 aliphatic carbocycles. The molecule has 2 aromatic carbocycles. The van der Waals surface area contributed by atoms with Crippen molar-refractivity contribution < 1.29 is 13.2 Å². The van der Waals surface area contributed by atoms with E-state index >= 15 is 0 Å². The Morgan fingerprint density at radius 2 is 1.62 bits per heavy atom. The standard InChI is InChI=1S/C15H13Cl3N2O3S/c1-20(24(2,22)23)12-3-4-13(14(18)8-12)15(21)19-11-6-9(16)5-10(17)7-11/h3-8H,1-2H3,(H,19,21). The van der Waals surface area contributed by atoms with E-state index in [9.17, 15) is 13.2 Å². The van der Waals surface area contributed by atoms with E-state index in [-0.39, 0.29) is 10.6 Å². The van der Waals surface area contributed by atoms with Crippen LogP contribution in [0.25, 0.3) is 0 Å². The van der Waals surface area contributed by atoms with Crippen molar-refractivity contribution in [1.29, 1.82) is 0 Å². The van der Waals surface area contributed by atoms with Crippen molar-refractivity contribution in [3.05, 3.63) is 57.0 Å². The molecule has 1 amide bonds. The molecule has 1 N–H and O–H groups in total. The average Bonchev–Trinajstić information content (AvgIpc) is 2.43. The quantitative estimate of drug-likeness (QED) is 0.822. The van der Waals surface area contributed by atoms with Crippen molar-refractivity contribution in [2.75, 3.05) is 22.9 Å². The molecule has 0 aromatic heterocycles. The van der Waals surface area contributed by atoms with Gasteiger partial charge in [0.05, 0.1) is 22.5 Å². The number of amides is 1. The third-order valence-corrected chi connectivity index (χ3v) is 5.13. The summed E-state index contributed by atoms with van der Waals surface area (Å²) in [5.41, 5.74) is 0.967. The van der Waals surface area contributed by atoms with Crippen LogP contribution < -0.4 is 9.62 Å². The highest BCUT2D eigenvalue weighted by atomic mass is 35.5. The SMILES string of the molecule is CN(c1ccc(C(=O)Nc2cc(Cl)cc(Cl)c2)c(Cl)c1)S(C)(=O)=O. The molecular weight excluding hydrogens is 395 g/mol. The Morgan fingerprint density at radius 3 is 2.12 bits per heavy atom. The maximum atomic E-state index is 12.3. The number of halogens is 3. The van der Waals surface area contributed by atoms with Crippen LogP contribution in [0.15, 0.2) is 36.4 Å². The molecule has 24 heavy (non-hydrogen) atoms. The molecule has 0 aliphatic heterocycles. The lowest BCUT2D eigenvalue weighted by Crippen LogP contribution is -2.25. The van der Waals surface area contributed by atoms with Crippen molar-refractivity contribution in [2.45, 2.75) is 0 Å². The number of hydrogen-bond acceptors (Lipinski definition) is 3. The summed E-state index contributed by atoms with van der Waals surface area (Å²) in [7, 11) is -2.02. The Balaban J connectivity index is 2.27. The predicted molar refractivity (Wildman–Crippen MR) is 99.1 cm³/mol. The van der Waals surface area contributed by atoms with Crippen LogP contribution in [0.2, 0.25) is 15.1 Å². The summed E-state index contributed by atoms with van der Waals surface area (Å²) in [5.74, 6) is -0.466. The maximum Gasteiger partial charge on any atom is 0.257 e. The normalized spacial score (nSPS) is 11.2. The molecule has 0 unspecified atom stereocenters. The zero-order valence-corrected chi connectivity index (χ0v) is 15.8. The van der Waals surface area contributed by atoms with Gasteiger partial charge in [-0.05, 0) is 36.4 Å². The minimum Gasteiger partial charge on any atom is -0.322 e. The highest BCUT2D eigenvalue weighted by Gasteiger charge is 2.16. The van der Waals surface area contributed by atoms with Crippen LogP contribution in [-0.2, 0) is 10.0 Å². The fourth-order valence-electron chi connectivity index (χ4n) is 1.90. The zero-order chi connectivity index (χ0) is 18.1. The average molecular weight is 408 g/mol. The lowest BCUT2D eigenvalue weighted by atomic mass is 10.2. The summed E-state index contributed by atoms with van der Waals surface area (Å²) >= 11 is 17.9. The van der Waals surface area contributed by atoms with Gasteiger partial charge < -0.3 is 5.32 Å². The fourth-order valence-corrected chi connectivity index (χ4v) is 3.18. The Hall–Kier alpha value is -1.47. The topological polar surface area (TPSA) is 66.5 Å². The summed E-state index contributed by atoms with van der Waals surface area (Å²) < 4.78 is 24.2. The van der Waals surface area contributed by atoms with Crippen molar-refractivity contribution in [3.8, 4) is 0 Å². The molecule has 0 saturated carbocycles. The molecule has 0 saturated heterocycles. The fraction of sp³-hybridized carbons (Fsp3) is 0.133. The van der Waals surface area contributed by atoms with Gasteiger partial charge >= 0.3 is 0 Å². The molecule has 0 fully saturated rings. The van der Waals surface area contributed by atoms with E-state index in [1.807, 2.05) is 0 Å². The molecule has 5 nitrogen and oxygen atoms in total. The van der Waals surface area contributed by atoms with Crippen LogP contribution in [0.3, 0.4) is 0 Å². The summed E-state index contributed by atoms with van der Waals surface area (Å²) in [6.45, 7) is 0. The number of carbonyl (C=O) groups excluding carboxylic acids is 1. The van der Waals surface area contributed by atoms with E-state index in [0.29, 0.717) is 21.4 Å². The number of anilines is 2. The Morgan fingerprint density at radius 1 is 1.04 bits per heavy atom. The maximum absolute atomic E-state index is 12.3. The van der Waals surface area contributed by atoms with Crippen molar-refractivity contribution in [2.24, 2.45) is 0 Å². The minimum atomic E-state index is -3.42. The van der Waals surface area contributed by atoms with Crippen LogP contribution in [0.5, 0.6) is 0 Å². The van der Waals surface area contributed by atoms with Crippen molar-refractivity contribution in [3.63, 3.8) is 0 Å². The van der Waals surface area contributed by atoms with Gasteiger partial charge in [0.1, 0.15) is 0 Å². The Kier molecular flexibility index (Phi) is 5.65. The van der Waals surface area contributed by atoms with Crippen LogP contribution >= 0.6 is 34.8 Å². The first-order chi connectivity index (χ1) is 11.1. The van der Waals surface area contributed by atoms with E-state index in [2.05, 4.69) is 5.32 Å². The number of nitrogens with zero attached hydrogens (tertiary/aromatic N) is 1. The van der Waals surface area contributed by atoms with E-state index in [1.165, 1.54) is 25.2 Å². The van der Waals surface area contributed by atoms with Crippen LogP contribution in [-0.4, -0.2) is 27.6 Å². The van der Waals surface area contributed by atoms with Gasteiger partial charge in [0.25, 0.3) is 5.91 Å². The number of benzene rings is 2. The third-order valence-electron chi connectivity index (χ3n) is 3.18. The highest BCUT2D eigenvalue weighted by molar-refractivity contribution is 7.92. The first-order valence-electron chi connectivity index (χ1n) is 6.59. The smallest absolute Gasteiger partial charge is 0.257 e. The van der Waals surface area contributed by atoms with Crippen LogP contribution in [0.1, 0.15) is 10.4 Å². The summed E-state index contributed by atoms with van der Waals surface area (Å²) in [5, 5.41) is 3.52. The van der Waals surface area contributed by atoms with Gasteiger partial charge in [-0.2, -0.15) is 0 Å². The van der Waals surface area contributed by atoms with Crippen LogP contribution in [0.4, 0.5) is 11.4 Å². The Bertz CT molecular complexity index is 881. The lowest BCUT2D eigenvalue weighted by Gasteiger charge is -2.17. The van der Waals surface area contributed by atoms with E-state index in [0.717, 1.165) is 10.6 Å². The first-order valence-corrected chi connectivity index (χ1v) is 9.57. The number of carbonyl (C=O) groups is 1. The second-order valence-corrected chi connectivity index (χ2v) is 8.30. The molecule has 0 atom stereocenters. The van der Waals surface area contributed by atoms with Gasteiger partial charge in [0.2, 0.25) is 10.0 Å². The third kappa shape index (κ3) is 4.54. The highest BCUT2D eigenvalue weighted by Crippen LogP contribution is 2.27. The largest absolute Gasteiger partial charge is 0.322 e. The van der Waals surface area contributed by atoms with Crippen molar-refractivity contribution in [1.82, 2.24) is 0 Å². The number of sulfonamides is 1. The van der Waals surface area contributed by atoms with Gasteiger partial charge in [-0.25, -0.2) is 8.42 Å². The second kappa shape index (κ2) is 7.19. The molecule has 0 bridgehead atoms. The molecule has 128 valence electrons.